The molecule has 0 aliphatic rings. The van der Waals surface area contributed by atoms with E-state index in [1.54, 1.807) is 23.5 Å². The van der Waals surface area contributed by atoms with Crippen molar-refractivity contribution in [2.75, 3.05) is 0 Å². The van der Waals surface area contributed by atoms with Crippen molar-refractivity contribution in [3.05, 3.63) is 56.4 Å². The Hall–Kier alpha value is -1.20. The predicted octanol–water partition coefficient (Wildman–Crippen LogP) is 3.51. The third-order valence-corrected chi connectivity index (χ3v) is 4.32. The van der Waals surface area contributed by atoms with Gasteiger partial charge in [-0.15, -0.1) is 11.3 Å². The number of thiophene rings is 1. The second-order valence-electron chi connectivity index (χ2n) is 3.78. The van der Waals surface area contributed by atoms with Crippen LogP contribution in [0.2, 0.25) is 0 Å². The van der Waals surface area contributed by atoms with Gasteiger partial charge in [0.25, 0.3) is 0 Å². The van der Waals surface area contributed by atoms with Gasteiger partial charge in [-0.1, -0.05) is 12.1 Å². The fraction of sp³-hybridized carbons (Fsp3) is 0.154. The molecule has 0 aliphatic carbocycles. The standard InChI is InChI=1S/C13H11BrFNOS/c14-11-4-5-18-12(11)8-16-13(17)7-9-2-1-3-10(15)6-9/h1-6H,7-8H2,(H,16,17). The van der Waals surface area contributed by atoms with Crippen LogP contribution < -0.4 is 5.32 Å². The largest absolute Gasteiger partial charge is 0.351 e. The molecule has 94 valence electrons. The van der Waals surface area contributed by atoms with E-state index in [0.29, 0.717) is 12.1 Å². The third kappa shape index (κ3) is 3.65. The highest BCUT2D eigenvalue weighted by Crippen LogP contribution is 2.22. The Morgan fingerprint density at radius 1 is 1.39 bits per heavy atom. The highest BCUT2D eigenvalue weighted by Gasteiger charge is 2.06. The van der Waals surface area contributed by atoms with Crippen LogP contribution in [0.25, 0.3) is 0 Å². The molecule has 0 bridgehead atoms. The van der Waals surface area contributed by atoms with Gasteiger partial charge in [0.2, 0.25) is 5.91 Å². The summed E-state index contributed by atoms with van der Waals surface area (Å²) in [4.78, 5) is 12.8. The van der Waals surface area contributed by atoms with Crippen LogP contribution >= 0.6 is 27.3 Å². The molecule has 1 aromatic carbocycles. The van der Waals surface area contributed by atoms with Crippen molar-refractivity contribution in [1.82, 2.24) is 5.32 Å². The Labute approximate surface area is 117 Å². The van der Waals surface area contributed by atoms with Crippen LogP contribution in [0.4, 0.5) is 4.39 Å². The molecular formula is C13H11BrFNOS. The Morgan fingerprint density at radius 2 is 2.22 bits per heavy atom. The monoisotopic (exact) mass is 327 g/mol. The molecule has 0 unspecified atom stereocenters. The van der Waals surface area contributed by atoms with E-state index in [-0.39, 0.29) is 18.1 Å². The number of benzene rings is 1. The van der Waals surface area contributed by atoms with E-state index in [2.05, 4.69) is 21.2 Å². The van der Waals surface area contributed by atoms with Crippen molar-refractivity contribution in [3.63, 3.8) is 0 Å². The van der Waals surface area contributed by atoms with Gasteiger partial charge in [0.1, 0.15) is 5.82 Å². The lowest BCUT2D eigenvalue weighted by Crippen LogP contribution is -2.24. The molecule has 2 aromatic rings. The van der Waals surface area contributed by atoms with Crippen molar-refractivity contribution < 1.29 is 9.18 Å². The minimum absolute atomic E-state index is 0.110. The molecule has 0 fully saturated rings. The Morgan fingerprint density at radius 3 is 2.89 bits per heavy atom. The van der Waals surface area contributed by atoms with Crippen molar-refractivity contribution in [2.45, 2.75) is 13.0 Å². The summed E-state index contributed by atoms with van der Waals surface area (Å²) in [5.41, 5.74) is 0.678. The van der Waals surface area contributed by atoms with Gasteiger partial charge in [0, 0.05) is 9.35 Å². The SMILES string of the molecule is O=C(Cc1cccc(F)c1)NCc1sccc1Br. The molecule has 2 nitrogen and oxygen atoms in total. The third-order valence-electron chi connectivity index (χ3n) is 2.39. The topological polar surface area (TPSA) is 29.1 Å². The maximum absolute atomic E-state index is 12.9. The molecule has 0 spiro atoms. The first-order valence-corrected chi connectivity index (χ1v) is 7.05. The van der Waals surface area contributed by atoms with Crippen LogP contribution in [0.5, 0.6) is 0 Å². The number of carbonyl (C=O) groups excluding carboxylic acids is 1. The minimum Gasteiger partial charge on any atom is -0.351 e. The van der Waals surface area contributed by atoms with Crippen LogP contribution in [0.3, 0.4) is 0 Å². The average molecular weight is 328 g/mol. The van der Waals surface area contributed by atoms with E-state index in [4.69, 9.17) is 0 Å². The van der Waals surface area contributed by atoms with E-state index in [9.17, 15) is 9.18 Å². The van der Waals surface area contributed by atoms with Crippen LogP contribution in [0.1, 0.15) is 10.4 Å². The maximum Gasteiger partial charge on any atom is 0.224 e. The average Bonchev–Trinajstić information content (AvgIpc) is 2.72. The number of carbonyl (C=O) groups is 1. The fourth-order valence-corrected chi connectivity index (χ4v) is 2.96. The van der Waals surface area contributed by atoms with Crippen molar-refractivity contribution >= 4 is 33.2 Å². The molecule has 1 heterocycles. The van der Waals surface area contributed by atoms with Crippen LogP contribution in [-0.4, -0.2) is 5.91 Å². The minimum atomic E-state index is -0.318. The van der Waals surface area contributed by atoms with Crippen molar-refractivity contribution in [3.8, 4) is 0 Å². The van der Waals surface area contributed by atoms with Crippen molar-refractivity contribution in [2.24, 2.45) is 0 Å². The van der Waals surface area contributed by atoms with Crippen molar-refractivity contribution in [1.29, 1.82) is 0 Å². The summed E-state index contributed by atoms with van der Waals surface area (Å²) >= 11 is 4.98. The summed E-state index contributed by atoms with van der Waals surface area (Å²) < 4.78 is 13.9. The van der Waals surface area contributed by atoms with E-state index in [0.717, 1.165) is 9.35 Å². The first kappa shape index (κ1) is 13.2. The van der Waals surface area contributed by atoms with Gasteiger partial charge in [-0.2, -0.15) is 0 Å². The number of halogens is 2. The number of rotatable bonds is 4. The van der Waals surface area contributed by atoms with Gasteiger partial charge < -0.3 is 5.32 Å². The molecule has 0 atom stereocenters. The highest BCUT2D eigenvalue weighted by molar-refractivity contribution is 9.10. The first-order valence-electron chi connectivity index (χ1n) is 5.38. The van der Waals surface area contributed by atoms with Gasteiger partial charge in [0.05, 0.1) is 13.0 Å². The lowest BCUT2D eigenvalue weighted by molar-refractivity contribution is -0.120. The summed E-state index contributed by atoms with van der Waals surface area (Å²) in [5.74, 6) is -0.429. The quantitative estimate of drug-likeness (QED) is 0.914. The molecular weight excluding hydrogens is 317 g/mol. The first-order chi connectivity index (χ1) is 8.65. The summed E-state index contributed by atoms with van der Waals surface area (Å²) in [7, 11) is 0. The Bertz CT molecular complexity index is 555. The highest BCUT2D eigenvalue weighted by atomic mass is 79.9. The molecule has 1 amide bonds. The van der Waals surface area contributed by atoms with E-state index in [1.807, 2.05) is 11.4 Å². The fourth-order valence-electron chi connectivity index (χ4n) is 1.52. The maximum atomic E-state index is 12.9. The van der Waals surface area contributed by atoms with Crippen LogP contribution in [-0.2, 0) is 17.8 Å². The molecule has 1 N–H and O–H groups in total. The summed E-state index contributed by atoms with van der Waals surface area (Å²) in [6.07, 6.45) is 0.195. The number of amides is 1. The molecule has 5 heteroatoms. The van der Waals surface area contributed by atoms with E-state index < -0.39 is 0 Å². The molecule has 0 saturated heterocycles. The normalized spacial score (nSPS) is 10.3. The predicted molar refractivity (Wildman–Crippen MR) is 74.0 cm³/mol. The second-order valence-corrected chi connectivity index (χ2v) is 5.63. The van der Waals surface area contributed by atoms with Crippen LogP contribution in [0.15, 0.2) is 40.2 Å². The Kier molecular flexibility index (Phi) is 4.49. The zero-order valence-corrected chi connectivity index (χ0v) is 11.9. The van der Waals surface area contributed by atoms with Gasteiger partial charge in [0.15, 0.2) is 0 Å². The number of nitrogens with one attached hydrogen (secondary N) is 1. The van der Waals surface area contributed by atoms with E-state index >= 15 is 0 Å². The van der Waals surface area contributed by atoms with Gasteiger partial charge >= 0.3 is 0 Å². The second kappa shape index (κ2) is 6.11. The lowest BCUT2D eigenvalue weighted by atomic mass is 10.1. The molecule has 0 saturated carbocycles. The van der Waals surface area contributed by atoms with E-state index in [1.165, 1.54) is 12.1 Å². The van der Waals surface area contributed by atoms with Crippen LogP contribution in [0, 0.1) is 5.82 Å². The van der Waals surface area contributed by atoms with Gasteiger partial charge in [-0.05, 0) is 45.1 Å². The summed E-state index contributed by atoms with van der Waals surface area (Å²) in [6, 6.07) is 8.03. The molecule has 1 aromatic heterocycles. The number of hydrogen-bond acceptors (Lipinski definition) is 2. The zero-order chi connectivity index (χ0) is 13.0. The van der Waals surface area contributed by atoms with Gasteiger partial charge in [-0.25, -0.2) is 4.39 Å². The lowest BCUT2D eigenvalue weighted by Gasteiger charge is -2.04. The Balaban J connectivity index is 1.88. The molecule has 0 aliphatic heterocycles. The van der Waals surface area contributed by atoms with Gasteiger partial charge in [-0.3, -0.25) is 4.79 Å². The summed E-state index contributed by atoms with van der Waals surface area (Å²) in [6.45, 7) is 0.492. The number of hydrogen-bond donors (Lipinski definition) is 1. The zero-order valence-electron chi connectivity index (χ0n) is 9.45. The molecule has 18 heavy (non-hydrogen) atoms. The molecule has 0 radical (unpaired) electrons. The molecule has 2 rings (SSSR count). The summed E-state index contributed by atoms with van der Waals surface area (Å²) in [5, 5.41) is 4.77. The smallest absolute Gasteiger partial charge is 0.224 e.